The zero-order valence-electron chi connectivity index (χ0n) is 5.27. The molecule has 1 saturated heterocycles. The first-order chi connectivity index (χ1) is 4.60. The van der Waals surface area contributed by atoms with Gasteiger partial charge in [-0.25, -0.2) is 0 Å². The Morgan fingerprint density at radius 2 is 2.10 bits per heavy atom. The fourth-order valence-corrected chi connectivity index (χ4v) is 0.811. The van der Waals surface area contributed by atoms with E-state index in [1.807, 2.05) is 0 Å². The summed E-state index contributed by atoms with van der Waals surface area (Å²) in [5.41, 5.74) is -1.70. The fourth-order valence-electron chi connectivity index (χ4n) is 0.811. The maximum Gasteiger partial charge on any atom is 0.184 e. The third-order valence-electron chi connectivity index (χ3n) is 1.60. The Labute approximate surface area is 57.5 Å². The minimum Gasteiger partial charge on any atom is -0.393 e. The molecule has 1 heterocycles. The van der Waals surface area contributed by atoms with Gasteiger partial charge < -0.3 is 25.2 Å². The molecule has 0 aromatic heterocycles. The van der Waals surface area contributed by atoms with Gasteiger partial charge in [0.15, 0.2) is 6.29 Å². The SMILES string of the molecule is OC[C@@]1(O)CO[C@H](O)[C@H]1O. The maximum absolute atomic E-state index is 9.15. The predicted octanol–water partition coefficient (Wildman–Crippen LogP) is -2.58. The van der Waals surface area contributed by atoms with Crippen LogP contribution in [0.15, 0.2) is 0 Å². The molecule has 5 heteroatoms. The molecule has 1 aliphatic heterocycles. The summed E-state index contributed by atoms with van der Waals surface area (Å²) in [6.07, 6.45) is -2.81. The van der Waals surface area contributed by atoms with Crippen LogP contribution in [0.25, 0.3) is 0 Å². The number of hydrogen-bond donors (Lipinski definition) is 4. The summed E-state index contributed by atoms with van der Waals surface area (Å²) in [7, 11) is 0. The van der Waals surface area contributed by atoms with E-state index in [9.17, 15) is 0 Å². The monoisotopic (exact) mass is 150 g/mol. The van der Waals surface area contributed by atoms with Crippen LogP contribution in [-0.4, -0.2) is 51.6 Å². The van der Waals surface area contributed by atoms with E-state index in [0.717, 1.165) is 0 Å². The Morgan fingerprint density at radius 3 is 2.30 bits per heavy atom. The number of hydrogen-bond acceptors (Lipinski definition) is 5. The summed E-state index contributed by atoms with van der Waals surface area (Å²) in [6, 6.07) is 0. The van der Waals surface area contributed by atoms with Gasteiger partial charge in [-0.2, -0.15) is 0 Å². The van der Waals surface area contributed by atoms with Crippen molar-refractivity contribution in [3.05, 3.63) is 0 Å². The van der Waals surface area contributed by atoms with Crippen LogP contribution in [0.3, 0.4) is 0 Å². The molecule has 0 saturated carbocycles. The Morgan fingerprint density at radius 1 is 1.50 bits per heavy atom. The Kier molecular flexibility index (Phi) is 1.93. The van der Waals surface area contributed by atoms with Gasteiger partial charge in [-0.15, -0.1) is 0 Å². The average molecular weight is 150 g/mol. The second-order valence-corrected chi connectivity index (χ2v) is 2.41. The molecule has 0 spiro atoms. The predicted molar refractivity (Wildman–Crippen MR) is 30.0 cm³/mol. The zero-order valence-corrected chi connectivity index (χ0v) is 5.27. The molecule has 0 aliphatic carbocycles. The van der Waals surface area contributed by atoms with Crippen molar-refractivity contribution >= 4 is 0 Å². The van der Waals surface area contributed by atoms with Crippen molar-refractivity contribution in [3.63, 3.8) is 0 Å². The number of aliphatic hydroxyl groups is 4. The molecular weight excluding hydrogens is 140 g/mol. The van der Waals surface area contributed by atoms with E-state index in [2.05, 4.69) is 4.74 Å². The summed E-state index contributed by atoms with van der Waals surface area (Å²) >= 11 is 0. The lowest BCUT2D eigenvalue weighted by atomic mass is 10.0. The molecule has 60 valence electrons. The quantitative estimate of drug-likeness (QED) is 0.329. The van der Waals surface area contributed by atoms with Gasteiger partial charge in [0.25, 0.3) is 0 Å². The minimum atomic E-state index is -1.70. The normalized spacial score (nSPS) is 48.0. The van der Waals surface area contributed by atoms with Gasteiger partial charge in [0.1, 0.15) is 11.7 Å². The first-order valence-corrected chi connectivity index (χ1v) is 2.91. The summed E-state index contributed by atoms with van der Waals surface area (Å²) < 4.78 is 4.47. The summed E-state index contributed by atoms with van der Waals surface area (Å²) in [6.45, 7) is -0.864. The van der Waals surface area contributed by atoms with E-state index in [4.69, 9.17) is 20.4 Å². The van der Waals surface area contributed by atoms with E-state index >= 15 is 0 Å². The lowest BCUT2D eigenvalue weighted by Crippen LogP contribution is -2.46. The van der Waals surface area contributed by atoms with Crippen LogP contribution in [0.4, 0.5) is 0 Å². The Bertz CT molecular complexity index is 127. The highest BCUT2D eigenvalue weighted by Crippen LogP contribution is 2.22. The molecule has 0 radical (unpaired) electrons. The minimum absolute atomic E-state index is 0.244. The maximum atomic E-state index is 9.15. The van der Waals surface area contributed by atoms with Crippen LogP contribution in [0, 0.1) is 0 Å². The van der Waals surface area contributed by atoms with Gasteiger partial charge >= 0.3 is 0 Å². The molecule has 0 unspecified atom stereocenters. The van der Waals surface area contributed by atoms with Crippen LogP contribution in [0.5, 0.6) is 0 Å². The van der Waals surface area contributed by atoms with Gasteiger partial charge in [0.2, 0.25) is 0 Å². The fraction of sp³-hybridized carbons (Fsp3) is 1.00. The van der Waals surface area contributed by atoms with Crippen molar-refractivity contribution in [2.24, 2.45) is 0 Å². The highest BCUT2D eigenvalue weighted by atomic mass is 16.6. The molecule has 0 amide bonds. The largest absolute Gasteiger partial charge is 0.393 e. The van der Waals surface area contributed by atoms with Crippen molar-refractivity contribution in [1.82, 2.24) is 0 Å². The topological polar surface area (TPSA) is 90.2 Å². The van der Waals surface area contributed by atoms with Crippen LogP contribution < -0.4 is 0 Å². The average Bonchev–Trinajstić information content (AvgIpc) is 2.19. The van der Waals surface area contributed by atoms with Gasteiger partial charge in [-0.1, -0.05) is 0 Å². The molecule has 0 bridgehead atoms. The number of rotatable bonds is 1. The van der Waals surface area contributed by atoms with Crippen LogP contribution in [-0.2, 0) is 4.74 Å². The highest BCUT2D eigenvalue weighted by Gasteiger charge is 2.46. The Balaban J connectivity index is 2.64. The van der Waals surface area contributed by atoms with Crippen LogP contribution in [0.1, 0.15) is 0 Å². The molecular formula is C5H10O5. The molecule has 3 atom stereocenters. The van der Waals surface area contributed by atoms with Crippen molar-refractivity contribution in [1.29, 1.82) is 0 Å². The van der Waals surface area contributed by atoms with E-state index < -0.39 is 24.6 Å². The van der Waals surface area contributed by atoms with Crippen molar-refractivity contribution < 1.29 is 25.2 Å². The number of ether oxygens (including phenoxy) is 1. The molecule has 0 aromatic carbocycles. The number of aliphatic hydroxyl groups excluding tert-OH is 3. The second kappa shape index (κ2) is 2.44. The standard InChI is InChI=1S/C5H10O5/c6-1-5(9)2-10-4(8)3(5)7/h3-4,6-9H,1-2H2/t3-,4+,5-/m1/s1. The summed E-state index contributed by atoms with van der Waals surface area (Å²) in [4.78, 5) is 0. The van der Waals surface area contributed by atoms with Gasteiger partial charge in [-0.3, -0.25) is 0 Å². The lowest BCUT2D eigenvalue weighted by molar-refractivity contribution is -0.128. The van der Waals surface area contributed by atoms with Crippen LogP contribution in [0.2, 0.25) is 0 Å². The van der Waals surface area contributed by atoms with Gasteiger partial charge in [0.05, 0.1) is 13.2 Å². The van der Waals surface area contributed by atoms with E-state index in [1.54, 1.807) is 0 Å². The molecule has 4 N–H and O–H groups in total. The third kappa shape index (κ3) is 1.02. The zero-order chi connectivity index (χ0) is 7.78. The lowest BCUT2D eigenvalue weighted by Gasteiger charge is -2.21. The summed E-state index contributed by atoms with van der Waals surface area (Å²) in [5, 5.41) is 35.3. The first-order valence-electron chi connectivity index (χ1n) is 2.91. The smallest absolute Gasteiger partial charge is 0.184 e. The molecule has 5 nitrogen and oxygen atoms in total. The van der Waals surface area contributed by atoms with Crippen molar-refractivity contribution in [3.8, 4) is 0 Å². The van der Waals surface area contributed by atoms with E-state index in [1.165, 1.54) is 0 Å². The van der Waals surface area contributed by atoms with Gasteiger partial charge in [0, 0.05) is 0 Å². The van der Waals surface area contributed by atoms with E-state index in [0.29, 0.717) is 0 Å². The first kappa shape index (κ1) is 7.90. The van der Waals surface area contributed by atoms with Crippen LogP contribution >= 0.6 is 0 Å². The highest BCUT2D eigenvalue weighted by molar-refractivity contribution is 4.92. The molecule has 10 heavy (non-hydrogen) atoms. The summed E-state index contributed by atoms with van der Waals surface area (Å²) in [5.74, 6) is 0. The third-order valence-corrected chi connectivity index (χ3v) is 1.60. The molecule has 1 aliphatic rings. The molecule has 1 rings (SSSR count). The van der Waals surface area contributed by atoms with E-state index in [-0.39, 0.29) is 6.61 Å². The second-order valence-electron chi connectivity index (χ2n) is 2.41. The van der Waals surface area contributed by atoms with Gasteiger partial charge in [-0.05, 0) is 0 Å². The molecule has 1 fully saturated rings. The molecule has 0 aromatic rings. The van der Waals surface area contributed by atoms with Crippen molar-refractivity contribution in [2.45, 2.75) is 18.0 Å². The van der Waals surface area contributed by atoms with Crippen molar-refractivity contribution in [2.75, 3.05) is 13.2 Å². The Hall–Kier alpha value is -0.200.